The molecule has 0 radical (unpaired) electrons. The van der Waals surface area contributed by atoms with Gasteiger partial charge in [-0.05, 0) is 80.1 Å². The number of carbonyl (C=O) groups excluding carboxylic acids is 4. The fourth-order valence-corrected chi connectivity index (χ4v) is 6.10. The van der Waals surface area contributed by atoms with Crippen molar-refractivity contribution in [3.05, 3.63) is 0 Å². The van der Waals surface area contributed by atoms with Gasteiger partial charge in [-0.2, -0.15) is 4.42 Å². The highest BCUT2D eigenvalue weighted by Gasteiger charge is 2.54. The number of hydrogen-bond acceptors (Lipinski definition) is 12. The zero-order valence-electron chi connectivity index (χ0n) is 25.5. The van der Waals surface area contributed by atoms with Crippen LogP contribution in [0.15, 0.2) is 0 Å². The van der Waals surface area contributed by atoms with Crippen LogP contribution in [0.25, 0.3) is 0 Å². The van der Waals surface area contributed by atoms with Crippen molar-refractivity contribution in [1.29, 1.82) is 0 Å². The minimum atomic E-state index is -3.82. The fraction of sp³-hybridized carbons (Fsp3) is 0.826. The van der Waals surface area contributed by atoms with E-state index in [1.807, 2.05) is 4.72 Å². The molecule has 0 atom stereocenters. The molecule has 0 unspecified atom stereocenters. The Morgan fingerprint density at radius 3 is 1.36 bits per heavy atom. The van der Waals surface area contributed by atoms with Gasteiger partial charge in [-0.25, -0.2) is 49.4 Å². The van der Waals surface area contributed by atoms with Gasteiger partial charge in [-0.15, -0.1) is 11.6 Å². The summed E-state index contributed by atoms with van der Waals surface area (Å²) in [6, 6.07) is 0. The van der Waals surface area contributed by atoms with Crippen molar-refractivity contribution < 1.29 is 53.9 Å². The topological polar surface area (TPSA) is 242 Å². The average Bonchev–Trinajstić information content (AvgIpc) is 3.66. The van der Waals surface area contributed by atoms with Crippen LogP contribution in [0.1, 0.15) is 92.9 Å². The van der Waals surface area contributed by atoms with E-state index in [0.29, 0.717) is 42.9 Å². The maximum absolute atomic E-state index is 11.5. The number of amides is 4. The number of nitrogens with two attached hydrogens (primary N) is 1. The number of nitrogens with one attached hydrogen (secondary N) is 2. The average molecular weight is 766 g/mol. The van der Waals surface area contributed by atoms with E-state index in [2.05, 4.69) is 0 Å². The zero-order chi connectivity index (χ0) is 35.4. The van der Waals surface area contributed by atoms with E-state index in [0.717, 1.165) is 0 Å². The monoisotopic (exact) mass is 764 g/mol. The van der Waals surface area contributed by atoms with Gasteiger partial charge >= 0.3 is 12.2 Å². The second-order valence-electron chi connectivity index (χ2n) is 12.3. The number of primary sulfonamides is 1. The number of nitrogens with zero attached hydrogens (tertiary/aromatic N) is 1. The molecule has 262 valence electrons. The number of alkyl halides is 2. The summed E-state index contributed by atoms with van der Waals surface area (Å²) < 4.78 is 77.8. The van der Waals surface area contributed by atoms with E-state index in [1.165, 1.54) is 0 Å². The fourth-order valence-electron chi connectivity index (χ4n) is 2.68. The van der Waals surface area contributed by atoms with Crippen LogP contribution in [0.3, 0.4) is 0 Å². The largest absolute Gasteiger partial charge is 0.443 e. The molecule has 3 saturated carbocycles. The van der Waals surface area contributed by atoms with Gasteiger partial charge in [-0.3, -0.25) is 9.59 Å². The number of rotatable bonds is 5. The lowest BCUT2D eigenvalue weighted by atomic mass is 10.2. The highest BCUT2D eigenvalue weighted by atomic mass is 35.5. The van der Waals surface area contributed by atoms with Crippen molar-refractivity contribution in [1.82, 2.24) is 13.9 Å². The van der Waals surface area contributed by atoms with Crippen molar-refractivity contribution in [3.8, 4) is 0 Å². The van der Waals surface area contributed by atoms with E-state index in [9.17, 15) is 44.4 Å². The zero-order valence-corrected chi connectivity index (χ0v) is 30.2. The Kier molecular flexibility index (Phi) is 13.5. The Labute approximate surface area is 278 Å². The SMILES string of the molecule is CC(C)(C)OC(=O)NS(=O)(=O)C1(Cl)CC1.CC(C)(C)OC(=O)NS(=O)(=O)C1CC1.NS(=O)(=O)C1(Cl)CC1.O=C1CCC(=O)N1Cl. The lowest BCUT2D eigenvalue weighted by Crippen LogP contribution is -2.40. The van der Waals surface area contributed by atoms with Crippen LogP contribution in [-0.2, 0) is 49.1 Å². The lowest BCUT2D eigenvalue weighted by molar-refractivity contribution is -0.132. The molecule has 4 N–H and O–H groups in total. The molecule has 0 aromatic heterocycles. The molecule has 0 aromatic rings. The molecule has 22 heteroatoms. The van der Waals surface area contributed by atoms with E-state index >= 15 is 0 Å². The summed E-state index contributed by atoms with van der Waals surface area (Å²) in [5, 5.41) is 4.31. The molecular weight excluding hydrogens is 727 g/mol. The molecule has 3 aliphatic carbocycles. The van der Waals surface area contributed by atoms with Crippen LogP contribution in [-0.4, -0.2) is 78.5 Å². The number of carbonyl (C=O) groups is 4. The summed E-state index contributed by atoms with van der Waals surface area (Å²) in [4.78, 5) is 43.0. The molecule has 0 bridgehead atoms. The minimum Gasteiger partial charge on any atom is -0.443 e. The van der Waals surface area contributed by atoms with Gasteiger partial charge in [0.2, 0.25) is 31.9 Å². The molecule has 4 amide bonds. The number of halogens is 3. The second kappa shape index (κ2) is 14.6. The number of ether oxygens (including phenoxy) is 2. The Morgan fingerprint density at radius 1 is 0.778 bits per heavy atom. The van der Waals surface area contributed by atoms with Crippen molar-refractivity contribution in [3.63, 3.8) is 0 Å². The lowest BCUT2D eigenvalue weighted by Gasteiger charge is -2.20. The Morgan fingerprint density at radius 2 is 1.13 bits per heavy atom. The molecule has 0 aromatic carbocycles. The molecule has 16 nitrogen and oxygen atoms in total. The molecule has 45 heavy (non-hydrogen) atoms. The van der Waals surface area contributed by atoms with Gasteiger partial charge in [0.1, 0.15) is 11.2 Å². The van der Waals surface area contributed by atoms with Gasteiger partial charge < -0.3 is 9.47 Å². The summed E-state index contributed by atoms with van der Waals surface area (Å²) in [5.41, 5.74) is -1.41. The van der Waals surface area contributed by atoms with E-state index in [1.54, 1.807) is 46.3 Å². The van der Waals surface area contributed by atoms with E-state index in [4.69, 9.17) is 49.6 Å². The van der Waals surface area contributed by atoms with Crippen LogP contribution < -0.4 is 14.6 Å². The van der Waals surface area contributed by atoms with Gasteiger partial charge in [0.05, 0.1) is 5.25 Å². The smallest absolute Gasteiger partial charge is 0.421 e. The summed E-state index contributed by atoms with van der Waals surface area (Å²) in [6.45, 7) is 9.97. The Hall–Kier alpha value is -1.64. The van der Waals surface area contributed by atoms with Gasteiger partial charge in [0, 0.05) is 24.6 Å². The van der Waals surface area contributed by atoms with Crippen molar-refractivity contribution in [2.75, 3.05) is 0 Å². The first kappa shape index (κ1) is 41.4. The van der Waals surface area contributed by atoms with E-state index in [-0.39, 0.29) is 24.7 Å². The van der Waals surface area contributed by atoms with Crippen LogP contribution in [0, 0.1) is 0 Å². The molecule has 1 saturated heterocycles. The number of hydrogen-bond donors (Lipinski definition) is 3. The Balaban J connectivity index is 0.000000311. The first-order valence-electron chi connectivity index (χ1n) is 13.4. The van der Waals surface area contributed by atoms with Crippen LogP contribution in [0.4, 0.5) is 9.59 Å². The maximum atomic E-state index is 11.5. The number of imide groups is 1. The predicted octanol–water partition coefficient (Wildman–Crippen LogP) is 2.87. The van der Waals surface area contributed by atoms with E-state index < -0.39 is 67.1 Å². The second-order valence-corrected chi connectivity index (χ2v) is 20.4. The van der Waals surface area contributed by atoms with Crippen LogP contribution in [0.5, 0.6) is 0 Å². The summed E-state index contributed by atoms with van der Waals surface area (Å²) in [5.74, 6) is -0.590. The first-order chi connectivity index (χ1) is 19.9. The predicted molar refractivity (Wildman–Crippen MR) is 165 cm³/mol. The van der Waals surface area contributed by atoms with Gasteiger partial charge in [0.25, 0.3) is 10.0 Å². The first-order valence-corrected chi connectivity index (χ1v) is 19.0. The van der Waals surface area contributed by atoms with Crippen LogP contribution in [0.2, 0.25) is 0 Å². The normalized spacial score (nSPS) is 20.1. The highest BCUT2D eigenvalue weighted by molar-refractivity contribution is 7.93. The molecular formula is C23H39Cl3N4O12S3. The minimum absolute atomic E-state index is 0.266. The molecule has 4 rings (SSSR count). The molecule has 1 aliphatic heterocycles. The molecule has 0 spiro atoms. The summed E-state index contributed by atoms with van der Waals surface area (Å²) in [7, 11) is -10.8. The van der Waals surface area contributed by atoms with Crippen molar-refractivity contribution in [2.45, 2.75) is 118 Å². The van der Waals surface area contributed by atoms with Gasteiger partial charge in [-0.1, -0.05) is 11.6 Å². The maximum Gasteiger partial charge on any atom is 0.421 e. The summed E-state index contributed by atoms with van der Waals surface area (Å²) >= 11 is 16.2. The summed E-state index contributed by atoms with van der Waals surface area (Å²) in [6.07, 6.45) is 1.58. The molecule has 1 heterocycles. The molecule has 4 aliphatic rings. The highest BCUT2D eigenvalue weighted by Crippen LogP contribution is 2.47. The third-order valence-corrected chi connectivity index (χ3v) is 12.9. The third-order valence-electron chi connectivity index (χ3n) is 5.47. The van der Waals surface area contributed by atoms with Crippen molar-refractivity contribution >= 4 is 89.0 Å². The number of sulfonamides is 3. The standard InChI is InChI=1S/C8H14ClNO4S.C8H15NO4S.C4H4ClNO2.C3H6ClNO2S/c1-7(2,3)14-6(11)10-15(12,13)8(9)4-5-8;1-8(2,3)13-7(10)9-14(11,12)6-4-5-6;5-6-3(7)1-2-4(6)8;4-3(1-2-3)8(5,6)7/h4-5H2,1-3H3,(H,10,11);6H,4-5H2,1-3H3,(H,9,10);1-2H2;1-2H2,(H2,5,6,7). The quantitative estimate of drug-likeness (QED) is 0.208. The van der Waals surface area contributed by atoms with Gasteiger partial charge in [0.15, 0.2) is 8.41 Å². The van der Waals surface area contributed by atoms with Crippen LogP contribution >= 0.6 is 35.0 Å². The molecule has 4 fully saturated rings. The third kappa shape index (κ3) is 14.8. The van der Waals surface area contributed by atoms with Crippen molar-refractivity contribution in [2.24, 2.45) is 5.14 Å². The Bertz CT molecular complexity index is 1450.